The van der Waals surface area contributed by atoms with Gasteiger partial charge in [-0.15, -0.1) is 0 Å². The Morgan fingerprint density at radius 1 is 1.50 bits per heavy atom. The molecule has 0 aliphatic carbocycles. The lowest BCUT2D eigenvalue weighted by Crippen LogP contribution is -2.31. The molecule has 1 aliphatic heterocycles. The predicted molar refractivity (Wildman–Crippen MR) is 70.3 cm³/mol. The van der Waals surface area contributed by atoms with Gasteiger partial charge in [-0.3, -0.25) is 0 Å². The standard InChI is InChI=1S/C14H21FN2O/c1-14(2)7-12(9-17-14)16-8-10-6-11(15)4-5-13(10)18-3/h4-6,12,16-17H,7-9H2,1-3H3. The van der Waals surface area contributed by atoms with Crippen LogP contribution >= 0.6 is 0 Å². The van der Waals surface area contributed by atoms with Gasteiger partial charge >= 0.3 is 0 Å². The van der Waals surface area contributed by atoms with Gasteiger partial charge in [0.2, 0.25) is 0 Å². The van der Waals surface area contributed by atoms with E-state index >= 15 is 0 Å². The fourth-order valence-corrected chi connectivity index (χ4v) is 2.44. The van der Waals surface area contributed by atoms with E-state index in [1.165, 1.54) is 12.1 Å². The van der Waals surface area contributed by atoms with Crippen molar-refractivity contribution in [2.24, 2.45) is 0 Å². The number of rotatable bonds is 4. The molecule has 1 aromatic carbocycles. The highest BCUT2D eigenvalue weighted by atomic mass is 19.1. The van der Waals surface area contributed by atoms with Crippen molar-refractivity contribution in [1.82, 2.24) is 10.6 Å². The van der Waals surface area contributed by atoms with Crippen LogP contribution in [0.2, 0.25) is 0 Å². The van der Waals surface area contributed by atoms with Gasteiger partial charge < -0.3 is 15.4 Å². The van der Waals surface area contributed by atoms with Gasteiger partial charge in [0.1, 0.15) is 11.6 Å². The van der Waals surface area contributed by atoms with E-state index in [9.17, 15) is 4.39 Å². The first-order chi connectivity index (χ1) is 8.50. The number of ether oxygens (including phenoxy) is 1. The zero-order valence-corrected chi connectivity index (χ0v) is 11.2. The lowest BCUT2D eigenvalue weighted by atomic mass is 10.0. The normalized spacial score (nSPS) is 22.1. The summed E-state index contributed by atoms with van der Waals surface area (Å²) in [6, 6.07) is 5.04. The molecular weight excluding hydrogens is 231 g/mol. The summed E-state index contributed by atoms with van der Waals surface area (Å²) >= 11 is 0. The second kappa shape index (κ2) is 5.24. The molecule has 2 rings (SSSR count). The van der Waals surface area contributed by atoms with E-state index in [4.69, 9.17) is 4.74 Å². The molecule has 2 N–H and O–H groups in total. The second-order valence-corrected chi connectivity index (χ2v) is 5.50. The summed E-state index contributed by atoms with van der Waals surface area (Å²) in [6.45, 7) is 5.96. The topological polar surface area (TPSA) is 33.3 Å². The van der Waals surface area contributed by atoms with Crippen LogP contribution in [-0.4, -0.2) is 25.2 Å². The summed E-state index contributed by atoms with van der Waals surface area (Å²) in [5.41, 5.74) is 1.05. The van der Waals surface area contributed by atoms with Gasteiger partial charge in [-0.25, -0.2) is 4.39 Å². The summed E-state index contributed by atoms with van der Waals surface area (Å²) in [5.74, 6) is 0.506. The maximum Gasteiger partial charge on any atom is 0.123 e. The molecule has 0 spiro atoms. The Balaban J connectivity index is 1.96. The Labute approximate surface area is 108 Å². The van der Waals surface area contributed by atoms with Crippen LogP contribution in [0.3, 0.4) is 0 Å². The lowest BCUT2D eigenvalue weighted by molar-refractivity contribution is 0.402. The summed E-state index contributed by atoms with van der Waals surface area (Å²) in [6.07, 6.45) is 1.07. The first-order valence-electron chi connectivity index (χ1n) is 6.31. The van der Waals surface area contributed by atoms with Crippen LogP contribution in [0.25, 0.3) is 0 Å². The number of hydrogen-bond acceptors (Lipinski definition) is 3. The van der Waals surface area contributed by atoms with Gasteiger partial charge in [0.25, 0.3) is 0 Å². The van der Waals surface area contributed by atoms with Crippen LogP contribution in [0, 0.1) is 5.82 Å². The summed E-state index contributed by atoms with van der Waals surface area (Å²) in [5, 5.41) is 6.90. The molecule has 100 valence electrons. The molecule has 18 heavy (non-hydrogen) atoms. The first kappa shape index (κ1) is 13.3. The van der Waals surface area contributed by atoms with E-state index in [1.807, 2.05) is 0 Å². The molecule has 1 fully saturated rings. The van der Waals surface area contributed by atoms with Gasteiger partial charge in [-0.05, 0) is 38.5 Å². The Morgan fingerprint density at radius 2 is 2.28 bits per heavy atom. The lowest BCUT2D eigenvalue weighted by Gasteiger charge is -2.18. The third kappa shape index (κ3) is 3.21. The molecule has 3 nitrogen and oxygen atoms in total. The molecule has 1 saturated heterocycles. The zero-order chi connectivity index (χ0) is 13.2. The number of benzene rings is 1. The van der Waals surface area contributed by atoms with E-state index in [0.717, 1.165) is 24.3 Å². The highest BCUT2D eigenvalue weighted by molar-refractivity contribution is 5.33. The SMILES string of the molecule is COc1ccc(F)cc1CNC1CNC(C)(C)C1. The molecule has 1 aliphatic rings. The first-order valence-corrected chi connectivity index (χ1v) is 6.31. The summed E-state index contributed by atoms with van der Waals surface area (Å²) < 4.78 is 18.4. The Hall–Kier alpha value is -1.13. The molecule has 1 unspecified atom stereocenters. The van der Waals surface area contributed by atoms with E-state index in [-0.39, 0.29) is 11.4 Å². The molecule has 0 bridgehead atoms. The monoisotopic (exact) mass is 252 g/mol. The van der Waals surface area contributed by atoms with E-state index in [2.05, 4.69) is 24.5 Å². The molecule has 0 saturated carbocycles. The van der Waals surface area contributed by atoms with Crippen molar-refractivity contribution in [3.05, 3.63) is 29.6 Å². The predicted octanol–water partition coefficient (Wildman–Crippen LogP) is 2.06. The van der Waals surface area contributed by atoms with Crippen molar-refractivity contribution in [2.45, 2.75) is 38.4 Å². The van der Waals surface area contributed by atoms with Crippen molar-refractivity contribution in [1.29, 1.82) is 0 Å². The highest BCUT2D eigenvalue weighted by Crippen LogP contribution is 2.21. The van der Waals surface area contributed by atoms with Crippen molar-refractivity contribution >= 4 is 0 Å². The second-order valence-electron chi connectivity index (χ2n) is 5.50. The van der Waals surface area contributed by atoms with E-state index in [0.29, 0.717) is 12.6 Å². The van der Waals surface area contributed by atoms with E-state index in [1.54, 1.807) is 13.2 Å². The van der Waals surface area contributed by atoms with Crippen LogP contribution in [0.1, 0.15) is 25.8 Å². The van der Waals surface area contributed by atoms with Crippen LogP contribution in [0.4, 0.5) is 4.39 Å². The average Bonchev–Trinajstić information content (AvgIpc) is 2.66. The maximum absolute atomic E-state index is 13.2. The van der Waals surface area contributed by atoms with Gasteiger partial charge in [-0.1, -0.05) is 0 Å². The molecule has 1 heterocycles. The minimum absolute atomic E-state index is 0.184. The van der Waals surface area contributed by atoms with Gasteiger partial charge in [-0.2, -0.15) is 0 Å². The fourth-order valence-electron chi connectivity index (χ4n) is 2.44. The van der Waals surface area contributed by atoms with Crippen LogP contribution < -0.4 is 15.4 Å². The molecule has 0 radical (unpaired) electrons. The smallest absolute Gasteiger partial charge is 0.123 e. The number of methoxy groups -OCH3 is 1. The molecular formula is C14H21FN2O. The summed E-state index contributed by atoms with van der Waals surface area (Å²) in [7, 11) is 1.61. The third-order valence-electron chi connectivity index (χ3n) is 3.41. The van der Waals surface area contributed by atoms with Gasteiger partial charge in [0, 0.05) is 30.2 Å². The van der Waals surface area contributed by atoms with Crippen molar-refractivity contribution in [3.63, 3.8) is 0 Å². The largest absolute Gasteiger partial charge is 0.496 e. The molecule has 4 heteroatoms. The number of hydrogen-bond donors (Lipinski definition) is 2. The Morgan fingerprint density at radius 3 is 2.89 bits per heavy atom. The maximum atomic E-state index is 13.2. The molecule has 0 amide bonds. The quantitative estimate of drug-likeness (QED) is 0.860. The van der Waals surface area contributed by atoms with Crippen molar-refractivity contribution in [2.75, 3.05) is 13.7 Å². The van der Waals surface area contributed by atoms with Gasteiger partial charge in [0.05, 0.1) is 7.11 Å². The average molecular weight is 252 g/mol. The Kier molecular flexibility index (Phi) is 3.88. The molecule has 1 aromatic rings. The van der Waals surface area contributed by atoms with Crippen molar-refractivity contribution in [3.8, 4) is 5.75 Å². The summed E-state index contributed by atoms with van der Waals surface area (Å²) in [4.78, 5) is 0. The third-order valence-corrected chi connectivity index (χ3v) is 3.41. The van der Waals surface area contributed by atoms with Gasteiger partial charge in [0.15, 0.2) is 0 Å². The minimum Gasteiger partial charge on any atom is -0.496 e. The van der Waals surface area contributed by atoms with Crippen LogP contribution in [0.5, 0.6) is 5.75 Å². The highest BCUT2D eigenvalue weighted by Gasteiger charge is 2.29. The van der Waals surface area contributed by atoms with E-state index < -0.39 is 0 Å². The molecule has 1 atom stereocenters. The Bertz CT molecular complexity index is 420. The zero-order valence-electron chi connectivity index (χ0n) is 11.2. The minimum atomic E-state index is -0.225. The number of nitrogens with one attached hydrogen (secondary N) is 2. The van der Waals surface area contributed by atoms with Crippen LogP contribution in [-0.2, 0) is 6.54 Å². The fraction of sp³-hybridized carbons (Fsp3) is 0.571. The van der Waals surface area contributed by atoms with Crippen molar-refractivity contribution < 1.29 is 9.13 Å². The molecule has 0 aromatic heterocycles. The van der Waals surface area contributed by atoms with Crippen LogP contribution in [0.15, 0.2) is 18.2 Å². The number of halogens is 1.